The molecular weight excluding hydrogens is 479 g/mol. The summed E-state index contributed by atoms with van der Waals surface area (Å²) in [4.78, 5) is 8.62. The lowest BCUT2D eigenvalue weighted by Crippen LogP contribution is -2.22. The quantitative estimate of drug-likeness (QED) is 0.206. The van der Waals surface area contributed by atoms with Crippen molar-refractivity contribution in [2.24, 2.45) is 10.7 Å². The molecule has 0 unspecified atom stereocenters. The number of para-hydroxylation sites is 1. The molecule has 0 fully saturated rings. The number of pyridine rings is 1. The number of aliphatic imine (C=N–C) groups is 1. The summed E-state index contributed by atoms with van der Waals surface area (Å²) in [5, 5.41) is 3.07. The fraction of sp³-hybridized carbons (Fsp3) is 0.182. The Hall–Kier alpha value is -2.81. The molecule has 0 aliphatic rings. The molecule has 3 N–H and O–H groups in total. The standard InChI is InChI=1S/C22H24N4O2.HI/c1-17-7-10-19(11-8-17)26-22(23)25-16-18-9-12-21(24-15-18)28-14-13-27-20-5-3-2-4-6-20;/h2-12,15H,13-14,16H2,1H3,(H3,23,25,26);1H. The molecule has 0 spiro atoms. The Balaban J connectivity index is 0.00000300. The van der Waals surface area contributed by atoms with Gasteiger partial charge in [0.15, 0.2) is 5.96 Å². The van der Waals surface area contributed by atoms with Crippen molar-refractivity contribution in [2.75, 3.05) is 18.5 Å². The van der Waals surface area contributed by atoms with Gasteiger partial charge in [0, 0.05) is 18.0 Å². The molecule has 29 heavy (non-hydrogen) atoms. The minimum absolute atomic E-state index is 0. The summed E-state index contributed by atoms with van der Waals surface area (Å²) in [6, 6.07) is 21.3. The number of aryl methyl sites for hydroxylation is 1. The van der Waals surface area contributed by atoms with Gasteiger partial charge in [-0.1, -0.05) is 42.0 Å². The zero-order chi connectivity index (χ0) is 19.6. The molecule has 0 radical (unpaired) electrons. The van der Waals surface area contributed by atoms with Gasteiger partial charge in [-0.15, -0.1) is 24.0 Å². The number of nitrogens with two attached hydrogens (primary N) is 1. The van der Waals surface area contributed by atoms with Crippen LogP contribution in [-0.2, 0) is 6.54 Å². The van der Waals surface area contributed by atoms with Gasteiger partial charge < -0.3 is 20.5 Å². The van der Waals surface area contributed by atoms with Gasteiger partial charge in [-0.25, -0.2) is 9.98 Å². The molecular formula is C22H25IN4O2. The van der Waals surface area contributed by atoms with E-state index in [2.05, 4.69) is 15.3 Å². The molecule has 6 nitrogen and oxygen atoms in total. The molecule has 1 heterocycles. The fourth-order valence-electron chi connectivity index (χ4n) is 2.41. The predicted octanol–water partition coefficient (Wildman–Crippen LogP) is 4.39. The van der Waals surface area contributed by atoms with Crippen LogP contribution in [0.1, 0.15) is 11.1 Å². The van der Waals surface area contributed by atoms with Crippen molar-refractivity contribution in [3.8, 4) is 11.6 Å². The third-order valence-electron chi connectivity index (χ3n) is 3.90. The molecule has 2 aromatic carbocycles. The van der Waals surface area contributed by atoms with Crippen LogP contribution in [0.5, 0.6) is 11.6 Å². The Morgan fingerprint density at radius 1 is 0.966 bits per heavy atom. The second kappa shape index (κ2) is 11.9. The number of aromatic nitrogens is 1. The SMILES string of the molecule is Cc1ccc(NC(N)=NCc2ccc(OCCOc3ccccc3)nc2)cc1.I. The number of benzene rings is 2. The topological polar surface area (TPSA) is 81.8 Å². The summed E-state index contributed by atoms with van der Waals surface area (Å²) < 4.78 is 11.2. The van der Waals surface area contributed by atoms with E-state index in [9.17, 15) is 0 Å². The summed E-state index contributed by atoms with van der Waals surface area (Å²) in [6.45, 7) is 3.36. The number of anilines is 1. The molecule has 0 saturated heterocycles. The van der Waals surface area contributed by atoms with E-state index in [1.54, 1.807) is 6.20 Å². The number of hydrogen-bond donors (Lipinski definition) is 2. The van der Waals surface area contributed by atoms with Gasteiger partial charge in [-0.3, -0.25) is 0 Å². The maximum atomic E-state index is 5.93. The van der Waals surface area contributed by atoms with Crippen molar-refractivity contribution in [3.63, 3.8) is 0 Å². The Morgan fingerprint density at radius 2 is 1.69 bits per heavy atom. The third-order valence-corrected chi connectivity index (χ3v) is 3.90. The number of ether oxygens (including phenoxy) is 2. The van der Waals surface area contributed by atoms with Crippen LogP contribution in [-0.4, -0.2) is 24.2 Å². The Bertz CT molecular complexity index is 885. The van der Waals surface area contributed by atoms with Gasteiger partial charge in [0.1, 0.15) is 19.0 Å². The van der Waals surface area contributed by atoms with Crippen LogP contribution in [0.4, 0.5) is 5.69 Å². The lowest BCUT2D eigenvalue weighted by atomic mass is 10.2. The van der Waals surface area contributed by atoms with Crippen LogP contribution < -0.4 is 20.5 Å². The molecule has 0 bridgehead atoms. The summed E-state index contributed by atoms with van der Waals surface area (Å²) in [5.41, 5.74) is 8.98. The molecule has 1 aromatic heterocycles. The lowest BCUT2D eigenvalue weighted by molar-refractivity contribution is 0.212. The molecule has 0 aliphatic heterocycles. The Morgan fingerprint density at radius 3 is 2.38 bits per heavy atom. The maximum Gasteiger partial charge on any atom is 0.213 e. The zero-order valence-corrected chi connectivity index (χ0v) is 18.6. The van der Waals surface area contributed by atoms with E-state index < -0.39 is 0 Å². The highest BCUT2D eigenvalue weighted by Gasteiger charge is 1.99. The normalized spacial score (nSPS) is 10.7. The van der Waals surface area contributed by atoms with E-state index in [0.29, 0.717) is 31.6 Å². The first kappa shape index (κ1) is 22.5. The Kier molecular flexibility index (Phi) is 9.23. The van der Waals surface area contributed by atoms with Gasteiger partial charge in [0.05, 0.1) is 6.54 Å². The van der Waals surface area contributed by atoms with Crippen LogP contribution in [0.2, 0.25) is 0 Å². The van der Waals surface area contributed by atoms with Gasteiger partial charge in [0.2, 0.25) is 5.88 Å². The van der Waals surface area contributed by atoms with Crippen molar-refractivity contribution in [2.45, 2.75) is 13.5 Å². The highest BCUT2D eigenvalue weighted by Crippen LogP contribution is 2.11. The highest BCUT2D eigenvalue weighted by atomic mass is 127. The molecule has 0 atom stereocenters. The first-order chi connectivity index (χ1) is 13.7. The van der Waals surface area contributed by atoms with E-state index in [1.165, 1.54) is 5.56 Å². The van der Waals surface area contributed by atoms with Gasteiger partial charge in [-0.05, 0) is 36.8 Å². The van der Waals surface area contributed by atoms with Gasteiger partial charge in [0.25, 0.3) is 0 Å². The summed E-state index contributed by atoms with van der Waals surface area (Å²) >= 11 is 0. The molecule has 3 aromatic rings. The molecule has 0 amide bonds. The van der Waals surface area contributed by atoms with Gasteiger partial charge >= 0.3 is 0 Å². The summed E-state index contributed by atoms with van der Waals surface area (Å²) in [7, 11) is 0. The van der Waals surface area contributed by atoms with Gasteiger partial charge in [-0.2, -0.15) is 0 Å². The van der Waals surface area contributed by atoms with E-state index in [0.717, 1.165) is 17.0 Å². The first-order valence-corrected chi connectivity index (χ1v) is 9.08. The van der Waals surface area contributed by atoms with E-state index in [-0.39, 0.29) is 24.0 Å². The summed E-state index contributed by atoms with van der Waals surface area (Å²) in [6.07, 6.45) is 1.73. The average Bonchev–Trinajstić information content (AvgIpc) is 2.73. The van der Waals surface area contributed by atoms with Crippen LogP contribution in [0.3, 0.4) is 0 Å². The smallest absolute Gasteiger partial charge is 0.213 e. The van der Waals surface area contributed by atoms with E-state index >= 15 is 0 Å². The molecule has 0 saturated carbocycles. The fourth-order valence-corrected chi connectivity index (χ4v) is 2.41. The number of guanidine groups is 1. The second-order valence-corrected chi connectivity index (χ2v) is 6.21. The largest absolute Gasteiger partial charge is 0.490 e. The van der Waals surface area contributed by atoms with Crippen molar-refractivity contribution >= 4 is 35.6 Å². The minimum Gasteiger partial charge on any atom is -0.490 e. The highest BCUT2D eigenvalue weighted by molar-refractivity contribution is 14.0. The van der Waals surface area contributed by atoms with Crippen molar-refractivity contribution < 1.29 is 9.47 Å². The van der Waals surface area contributed by atoms with Crippen LogP contribution in [0, 0.1) is 6.92 Å². The Labute approximate surface area is 188 Å². The van der Waals surface area contributed by atoms with Crippen molar-refractivity contribution in [1.29, 1.82) is 0 Å². The molecule has 152 valence electrons. The second-order valence-electron chi connectivity index (χ2n) is 6.21. The number of nitrogens with zero attached hydrogens (tertiary/aromatic N) is 2. The lowest BCUT2D eigenvalue weighted by Gasteiger charge is -2.08. The average molecular weight is 504 g/mol. The van der Waals surface area contributed by atoms with E-state index in [4.69, 9.17) is 15.2 Å². The number of nitrogens with one attached hydrogen (secondary N) is 1. The number of halogens is 1. The molecule has 7 heteroatoms. The minimum atomic E-state index is 0. The number of rotatable bonds is 8. The zero-order valence-electron chi connectivity index (χ0n) is 16.2. The monoisotopic (exact) mass is 504 g/mol. The number of hydrogen-bond acceptors (Lipinski definition) is 4. The predicted molar refractivity (Wildman–Crippen MR) is 127 cm³/mol. The summed E-state index contributed by atoms with van der Waals surface area (Å²) in [5.74, 6) is 1.74. The third kappa shape index (κ3) is 7.98. The first-order valence-electron chi connectivity index (χ1n) is 9.08. The van der Waals surface area contributed by atoms with Crippen LogP contribution in [0.15, 0.2) is 77.9 Å². The van der Waals surface area contributed by atoms with E-state index in [1.807, 2.05) is 73.7 Å². The maximum absolute atomic E-state index is 5.93. The van der Waals surface area contributed by atoms with Crippen LogP contribution in [0.25, 0.3) is 0 Å². The van der Waals surface area contributed by atoms with Crippen LogP contribution >= 0.6 is 24.0 Å². The van der Waals surface area contributed by atoms with Crippen molar-refractivity contribution in [1.82, 2.24) is 4.98 Å². The molecule has 0 aliphatic carbocycles. The molecule has 3 rings (SSSR count). The van der Waals surface area contributed by atoms with Crippen molar-refractivity contribution in [3.05, 3.63) is 84.1 Å².